The Morgan fingerprint density at radius 1 is 1.30 bits per heavy atom. The first-order chi connectivity index (χ1) is 9.66. The Morgan fingerprint density at radius 2 is 2.05 bits per heavy atom. The first kappa shape index (κ1) is 14.0. The van der Waals surface area contributed by atoms with Gasteiger partial charge < -0.3 is 10.6 Å². The summed E-state index contributed by atoms with van der Waals surface area (Å²) in [6.45, 7) is 4.50. The molecule has 7 heteroatoms. The summed E-state index contributed by atoms with van der Waals surface area (Å²) in [5.41, 5.74) is 0.761. The maximum absolute atomic E-state index is 11.7. The first-order valence-electron chi connectivity index (χ1n) is 6.53. The number of carbonyl (C=O) groups excluding carboxylic acids is 1. The SMILES string of the molecule is CC(C)n1nnnc1CCNC(=O)Nc1ccccc1. The van der Waals surface area contributed by atoms with Crippen LogP contribution in [-0.4, -0.2) is 32.8 Å². The molecule has 106 valence electrons. The average Bonchev–Trinajstić information content (AvgIpc) is 2.88. The molecule has 2 amide bonds. The highest BCUT2D eigenvalue weighted by Gasteiger charge is 2.09. The summed E-state index contributed by atoms with van der Waals surface area (Å²) in [4.78, 5) is 11.7. The molecule has 2 rings (SSSR count). The number of amides is 2. The fourth-order valence-electron chi connectivity index (χ4n) is 1.76. The topological polar surface area (TPSA) is 84.7 Å². The molecule has 0 saturated heterocycles. The molecule has 2 N–H and O–H groups in total. The van der Waals surface area contributed by atoms with Gasteiger partial charge in [0.2, 0.25) is 0 Å². The number of tetrazole rings is 1. The standard InChI is InChI=1S/C13H18N6O/c1-10(2)19-12(16-17-18-19)8-9-14-13(20)15-11-6-4-3-5-7-11/h3-7,10H,8-9H2,1-2H3,(H2,14,15,20). The van der Waals surface area contributed by atoms with Crippen LogP contribution in [0.5, 0.6) is 0 Å². The van der Waals surface area contributed by atoms with Crippen molar-refractivity contribution in [2.24, 2.45) is 0 Å². The lowest BCUT2D eigenvalue weighted by Gasteiger charge is -2.09. The van der Waals surface area contributed by atoms with Crippen LogP contribution >= 0.6 is 0 Å². The van der Waals surface area contributed by atoms with Crippen LogP contribution in [0, 0.1) is 0 Å². The van der Waals surface area contributed by atoms with Gasteiger partial charge in [-0.3, -0.25) is 0 Å². The van der Waals surface area contributed by atoms with Crippen LogP contribution in [0.1, 0.15) is 25.7 Å². The molecule has 0 spiro atoms. The van der Waals surface area contributed by atoms with E-state index in [2.05, 4.69) is 26.2 Å². The molecule has 7 nitrogen and oxygen atoms in total. The van der Waals surface area contributed by atoms with Crippen molar-refractivity contribution in [3.8, 4) is 0 Å². The van der Waals surface area contributed by atoms with E-state index in [1.807, 2.05) is 44.2 Å². The minimum absolute atomic E-state index is 0.207. The lowest BCUT2D eigenvalue weighted by molar-refractivity contribution is 0.252. The molecule has 0 saturated carbocycles. The minimum Gasteiger partial charge on any atom is -0.337 e. The maximum Gasteiger partial charge on any atom is 0.319 e. The Bertz CT molecular complexity index is 551. The molecule has 20 heavy (non-hydrogen) atoms. The van der Waals surface area contributed by atoms with Crippen LogP contribution in [0.15, 0.2) is 30.3 Å². The van der Waals surface area contributed by atoms with Crippen molar-refractivity contribution in [1.82, 2.24) is 25.5 Å². The third-order valence-corrected chi connectivity index (χ3v) is 2.72. The molecule has 0 aliphatic carbocycles. The van der Waals surface area contributed by atoms with Crippen molar-refractivity contribution in [1.29, 1.82) is 0 Å². The smallest absolute Gasteiger partial charge is 0.319 e. The zero-order valence-corrected chi connectivity index (χ0v) is 11.6. The van der Waals surface area contributed by atoms with Crippen LogP contribution < -0.4 is 10.6 Å². The quantitative estimate of drug-likeness (QED) is 0.867. The van der Waals surface area contributed by atoms with Crippen LogP contribution in [0.25, 0.3) is 0 Å². The minimum atomic E-state index is -0.236. The number of anilines is 1. The number of benzene rings is 1. The van der Waals surface area contributed by atoms with Gasteiger partial charge in [-0.1, -0.05) is 18.2 Å². The van der Waals surface area contributed by atoms with Gasteiger partial charge in [-0.15, -0.1) is 5.10 Å². The second-order valence-corrected chi connectivity index (χ2v) is 4.63. The summed E-state index contributed by atoms with van der Waals surface area (Å²) in [7, 11) is 0. The Kier molecular flexibility index (Phi) is 4.65. The number of nitrogens with zero attached hydrogens (tertiary/aromatic N) is 4. The number of urea groups is 1. The number of para-hydroxylation sites is 1. The van der Waals surface area contributed by atoms with Crippen molar-refractivity contribution < 1.29 is 4.79 Å². The summed E-state index contributed by atoms with van der Waals surface area (Å²) < 4.78 is 1.75. The van der Waals surface area contributed by atoms with Gasteiger partial charge in [0.25, 0.3) is 0 Å². The van der Waals surface area contributed by atoms with Gasteiger partial charge >= 0.3 is 6.03 Å². The second-order valence-electron chi connectivity index (χ2n) is 4.63. The van der Waals surface area contributed by atoms with E-state index in [-0.39, 0.29) is 12.1 Å². The Morgan fingerprint density at radius 3 is 2.75 bits per heavy atom. The van der Waals surface area contributed by atoms with Crippen LogP contribution in [0.4, 0.5) is 10.5 Å². The molecule has 0 aliphatic rings. The van der Waals surface area contributed by atoms with E-state index < -0.39 is 0 Å². The molecule has 2 aromatic rings. The van der Waals surface area contributed by atoms with Gasteiger partial charge in [-0.05, 0) is 36.4 Å². The predicted octanol–water partition coefficient (Wildman–Crippen LogP) is 1.62. The van der Waals surface area contributed by atoms with Gasteiger partial charge in [0.1, 0.15) is 0 Å². The van der Waals surface area contributed by atoms with Crippen molar-refractivity contribution in [3.63, 3.8) is 0 Å². The summed E-state index contributed by atoms with van der Waals surface area (Å²) in [6.07, 6.45) is 0.591. The van der Waals surface area contributed by atoms with Crippen molar-refractivity contribution in [2.75, 3.05) is 11.9 Å². The van der Waals surface area contributed by atoms with E-state index >= 15 is 0 Å². The molecule has 0 bridgehead atoms. The Labute approximate surface area is 117 Å². The molecule has 0 atom stereocenters. The molecule has 0 aliphatic heterocycles. The number of aromatic nitrogens is 4. The highest BCUT2D eigenvalue weighted by Crippen LogP contribution is 2.05. The second kappa shape index (κ2) is 6.65. The zero-order chi connectivity index (χ0) is 14.4. The number of hydrogen-bond acceptors (Lipinski definition) is 4. The lowest BCUT2D eigenvalue weighted by atomic mass is 10.3. The Hall–Kier alpha value is -2.44. The third kappa shape index (κ3) is 3.78. The predicted molar refractivity (Wildman–Crippen MR) is 75.4 cm³/mol. The summed E-state index contributed by atoms with van der Waals surface area (Å²) in [6, 6.07) is 9.27. The van der Waals surface area contributed by atoms with Crippen LogP contribution in [0.2, 0.25) is 0 Å². The summed E-state index contributed by atoms with van der Waals surface area (Å²) >= 11 is 0. The number of nitrogens with one attached hydrogen (secondary N) is 2. The normalized spacial score (nSPS) is 10.6. The van der Waals surface area contributed by atoms with E-state index in [0.717, 1.165) is 11.5 Å². The van der Waals surface area contributed by atoms with E-state index in [0.29, 0.717) is 13.0 Å². The summed E-state index contributed by atoms with van der Waals surface area (Å²) in [5, 5.41) is 17.0. The van der Waals surface area contributed by atoms with Gasteiger partial charge in [0, 0.05) is 18.7 Å². The van der Waals surface area contributed by atoms with Crippen molar-refractivity contribution >= 4 is 11.7 Å². The van der Waals surface area contributed by atoms with Gasteiger partial charge in [-0.25, -0.2) is 9.48 Å². The number of hydrogen-bond donors (Lipinski definition) is 2. The van der Waals surface area contributed by atoms with E-state index in [1.54, 1.807) is 4.68 Å². The van der Waals surface area contributed by atoms with Gasteiger partial charge in [0.05, 0.1) is 6.04 Å². The van der Waals surface area contributed by atoms with Crippen molar-refractivity contribution in [3.05, 3.63) is 36.2 Å². The highest BCUT2D eigenvalue weighted by atomic mass is 16.2. The van der Waals surface area contributed by atoms with E-state index in [1.165, 1.54) is 0 Å². The molecule has 1 aromatic carbocycles. The third-order valence-electron chi connectivity index (χ3n) is 2.72. The molecular formula is C13H18N6O. The molecule has 0 unspecified atom stereocenters. The van der Waals surface area contributed by atoms with E-state index in [4.69, 9.17) is 0 Å². The molecule has 1 aromatic heterocycles. The maximum atomic E-state index is 11.7. The molecule has 0 fully saturated rings. The van der Waals surface area contributed by atoms with E-state index in [9.17, 15) is 4.79 Å². The average molecular weight is 274 g/mol. The first-order valence-corrected chi connectivity index (χ1v) is 6.53. The fraction of sp³-hybridized carbons (Fsp3) is 0.385. The zero-order valence-electron chi connectivity index (χ0n) is 11.6. The Balaban J connectivity index is 1.78. The largest absolute Gasteiger partial charge is 0.337 e. The van der Waals surface area contributed by atoms with Crippen LogP contribution in [-0.2, 0) is 6.42 Å². The highest BCUT2D eigenvalue weighted by molar-refractivity contribution is 5.89. The van der Waals surface area contributed by atoms with Gasteiger partial charge in [0.15, 0.2) is 5.82 Å². The molecule has 1 heterocycles. The lowest BCUT2D eigenvalue weighted by Crippen LogP contribution is -2.31. The van der Waals surface area contributed by atoms with Gasteiger partial charge in [-0.2, -0.15) is 0 Å². The van der Waals surface area contributed by atoms with Crippen molar-refractivity contribution in [2.45, 2.75) is 26.3 Å². The summed E-state index contributed by atoms with van der Waals surface area (Å²) in [5.74, 6) is 0.764. The fourth-order valence-corrected chi connectivity index (χ4v) is 1.76. The number of rotatable bonds is 5. The molecular weight excluding hydrogens is 256 g/mol. The molecule has 0 radical (unpaired) electrons. The number of carbonyl (C=O) groups is 1. The van der Waals surface area contributed by atoms with Crippen LogP contribution in [0.3, 0.4) is 0 Å². The monoisotopic (exact) mass is 274 g/mol.